The number of nitrogens with zero attached hydrogens (tertiary/aromatic N) is 5. The maximum absolute atomic E-state index is 13.7. The number of nitrogens with one attached hydrogen (secondary N) is 3. The maximum Gasteiger partial charge on any atom is 0.266 e. The van der Waals surface area contributed by atoms with Crippen LogP contribution in [0.1, 0.15) is 122 Å². The van der Waals surface area contributed by atoms with Crippen molar-refractivity contribution in [3.8, 4) is 0 Å². The number of likely N-dealkylation sites (tertiary alicyclic amines) is 1. The highest BCUT2D eigenvalue weighted by Gasteiger charge is 2.56. The van der Waals surface area contributed by atoms with E-state index < -0.39 is 41.4 Å². The van der Waals surface area contributed by atoms with Gasteiger partial charge in [0.15, 0.2) is 9.49 Å². The Kier molecular flexibility index (Phi) is 18.9. The molecule has 4 aliphatic heterocycles. The van der Waals surface area contributed by atoms with Gasteiger partial charge in [-0.15, -0.1) is 0 Å². The fraction of sp³-hybridized carbons (Fsp3) is 0.725. The van der Waals surface area contributed by atoms with Crippen LogP contribution in [0.2, 0.25) is 0 Å². The fourth-order valence-electron chi connectivity index (χ4n) is 11.3. The van der Waals surface area contributed by atoms with Crippen molar-refractivity contribution in [3.05, 3.63) is 55.6 Å². The molecule has 0 bridgehead atoms. The Bertz CT molecular complexity index is 2320. The summed E-state index contributed by atoms with van der Waals surface area (Å²) in [4.78, 5) is 31.8. The molecule has 2 atom stereocenters. The van der Waals surface area contributed by atoms with Gasteiger partial charge in [-0.1, -0.05) is 40.5 Å². The fourth-order valence-corrected chi connectivity index (χ4v) is 15.6. The summed E-state index contributed by atoms with van der Waals surface area (Å²) in [6, 6.07) is 0. The van der Waals surface area contributed by atoms with Crippen LogP contribution in [0.3, 0.4) is 0 Å². The third-order valence-electron chi connectivity index (χ3n) is 17.0. The number of amides is 2. The van der Waals surface area contributed by atoms with E-state index in [1.165, 1.54) is 75.6 Å². The zero-order valence-corrected chi connectivity index (χ0v) is 45.8. The number of hydrogen-bond donors (Lipinski definition) is 5. The van der Waals surface area contributed by atoms with Crippen LogP contribution in [0.15, 0.2) is 0 Å². The first-order valence-electron chi connectivity index (χ1n) is 25.4. The molecule has 2 aromatic rings. The van der Waals surface area contributed by atoms with Crippen molar-refractivity contribution >= 4 is 43.2 Å². The number of carbonyl (C=O) groups excluding carboxylic acids is 2. The number of carbonyl (C=O) groups is 2. The molecule has 6 rings (SSSR count). The first-order chi connectivity index (χ1) is 32.4. The molecule has 0 spiro atoms. The maximum atomic E-state index is 13.7. The molecule has 69 heavy (non-hydrogen) atoms. The Morgan fingerprint density at radius 2 is 0.841 bits per heavy atom. The molecule has 4 saturated heterocycles. The van der Waals surface area contributed by atoms with Crippen LogP contribution in [0.4, 0.5) is 11.4 Å². The summed E-state index contributed by atoms with van der Waals surface area (Å²) in [6.45, 7) is 32.0. The highest BCUT2D eigenvalue weighted by molar-refractivity contribution is 7.91. The van der Waals surface area contributed by atoms with E-state index in [0.29, 0.717) is 90.4 Å². The lowest BCUT2D eigenvalue weighted by Crippen LogP contribution is -2.63. The molecule has 2 aromatic carbocycles. The van der Waals surface area contributed by atoms with Gasteiger partial charge in [-0.05, 0) is 195 Å². The Balaban J connectivity index is 0.000000258. The molecule has 4 aliphatic rings. The van der Waals surface area contributed by atoms with Crippen LogP contribution in [0, 0.1) is 67.2 Å². The predicted octanol–water partition coefficient (Wildman–Crippen LogP) is 5.52. The Morgan fingerprint density at radius 3 is 1.13 bits per heavy atom. The van der Waals surface area contributed by atoms with Gasteiger partial charge in [-0.2, -0.15) is 8.61 Å². The zero-order valence-electron chi connectivity index (χ0n) is 44.2. The van der Waals surface area contributed by atoms with E-state index in [1.807, 2.05) is 11.9 Å². The second-order valence-electron chi connectivity index (χ2n) is 20.8. The quantitative estimate of drug-likeness (QED) is 0.118. The van der Waals surface area contributed by atoms with Gasteiger partial charge < -0.3 is 20.0 Å². The number of hydroxylamine groups is 2. The number of sulfonamides is 2. The molecule has 2 unspecified atom stereocenters. The van der Waals surface area contributed by atoms with E-state index >= 15 is 0 Å². The van der Waals surface area contributed by atoms with Crippen molar-refractivity contribution in [1.29, 1.82) is 0 Å². The standard InChI is InChI=1S/C26H44N4O4S.C25H42N4O4S/c1-8-18(2)17-23-19(3)21(5)24(22(6)20(23)4)29-13-15-30(16-14-29)35(33,34)26(25(31)27-32)9-11-28(7)12-10-26;1-7-17(2)16-22-18(3)20(5)23(21(6)19(22)4)28-12-14-29(15-13-28)34(32,33)25(24(30)27-31)8-10-26-11-9-25/h18,32H,8-17H2,1-7H3,(H,27,31);17,26,31H,7-16H2,1-6H3,(H,27,30). The minimum Gasteiger partial charge on any atom is -0.368 e. The molecule has 16 nitrogen and oxygen atoms in total. The summed E-state index contributed by atoms with van der Waals surface area (Å²) >= 11 is 0. The third-order valence-corrected chi connectivity index (χ3v) is 22.2. The number of anilines is 2. The average Bonchev–Trinajstić information content (AvgIpc) is 3.35. The zero-order chi connectivity index (χ0) is 51.4. The van der Waals surface area contributed by atoms with Crippen LogP contribution in [0.5, 0.6) is 0 Å². The van der Waals surface area contributed by atoms with E-state index in [0.717, 1.165) is 25.7 Å². The lowest BCUT2D eigenvalue weighted by molar-refractivity contribution is -0.133. The Morgan fingerprint density at radius 1 is 0.536 bits per heavy atom. The van der Waals surface area contributed by atoms with E-state index in [2.05, 4.69) is 98.2 Å². The first-order valence-corrected chi connectivity index (χ1v) is 28.3. The van der Waals surface area contributed by atoms with Crippen molar-refractivity contribution in [1.82, 2.24) is 29.8 Å². The molecule has 0 radical (unpaired) electrons. The van der Waals surface area contributed by atoms with Crippen molar-refractivity contribution in [3.63, 3.8) is 0 Å². The minimum atomic E-state index is -3.94. The summed E-state index contributed by atoms with van der Waals surface area (Å²) < 4.78 is 54.4. The van der Waals surface area contributed by atoms with Crippen molar-refractivity contribution in [2.45, 2.75) is 144 Å². The molecule has 0 aliphatic carbocycles. The van der Waals surface area contributed by atoms with E-state index in [9.17, 15) is 36.8 Å². The van der Waals surface area contributed by atoms with Gasteiger partial charge in [0.2, 0.25) is 20.0 Å². The molecule has 0 saturated carbocycles. The largest absolute Gasteiger partial charge is 0.368 e. The normalized spacial score (nSPS) is 20.4. The highest BCUT2D eigenvalue weighted by Crippen LogP contribution is 2.40. The van der Waals surface area contributed by atoms with E-state index in [4.69, 9.17) is 0 Å². The van der Waals surface area contributed by atoms with Crippen LogP contribution >= 0.6 is 0 Å². The highest BCUT2D eigenvalue weighted by atomic mass is 32.2. The molecular formula is C51H86N8O8S2. The molecule has 4 fully saturated rings. The van der Waals surface area contributed by atoms with Gasteiger partial charge in [0.1, 0.15) is 0 Å². The number of rotatable bonds is 14. The van der Waals surface area contributed by atoms with Crippen LogP contribution in [-0.2, 0) is 42.5 Å². The van der Waals surface area contributed by atoms with Crippen LogP contribution in [0.25, 0.3) is 0 Å². The van der Waals surface area contributed by atoms with E-state index in [-0.39, 0.29) is 25.7 Å². The second kappa shape index (κ2) is 23.0. The number of hydrogen-bond acceptors (Lipinski definition) is 12. The number of piperazine rings is 2. The molecule has 2 amide bonds. The van der Waals surface area contributed by atoms with Gasteiger partial charge in [-0.25, -0.2) is 27.8 Å². The monoisotopic (exact) mass is 1000 g/mol. The molecule has 5 N–H and O–H groups in total. The lowest BCUT2D eigenvalue weighted by Gasteiger charge is -2.44. The second-order valence-corrected chi connectivity index (χ2v) is 25.3. The lowest BCUT2D eigenvalue weighted by atomic mass is 9.86. The molecular weight excluding hydrogens is 917 g/mol. The first kappa shape index (κ1) is 56.6. The van der Waals surface area contributed by atoms with Crippen molar-refractivity contribution in [2.24, 2.45) is 11.8 Å². The summed E-state index contributed by atoms with van der Waals surface area (Å²) in [5.74, 6) is -0.378. The molecule has 18 heteroatoms. The topological polar surface area (TPSA) is 195 Å². The Hall–Kier alpha value is -3.36. The van der Waals surface area contributed by atoms with Crippen molar-refractivity contribution < 1.29 is 36.8 Å². The summed E-state index contributed by atoms with van der Waals surface area (Å²) in [5.41, 5.74) is 19.0. The minimum absolute atomic E-state index is 0.149. The average molecular weight is 1000 g/mol. The smallest absolute Gasteiger partial charge is 0.266 e. The summed E-state index contributed by atoms with van der Waals surface area (Å²) in [7, 11) is -5.96. The molecule has 4 heterocycles. The molecule has 390 valence electrons. The van der Waals surface area contributed by atoms with E-state index in [1.54, 1.807) is 11.0 Å². The summed E-state index contributed by atoms with van der Waals surface area (Å²) in [5, 5.41) is 21.8. The third kappa shape index (κ3) is 10.9. The van der Waals surface area contributed by atoms with Crippen molar-refractivity contribution in [2.75, 3.05) is 95.4 Å². The van der Waals surface area contributed by atoms with Gasteiger partial charge in [0.05, 0.1) is 0 Å². The summed E-state index contributed by atoms with van der Waals surface area (Å²) in [6.07, 6.45) is 5.10. The number of benzene rings is 2. The van der Waals surface area contributed by atoms with Gasteiger partial charge in [0.25, 0.3) is 11.8 Å². The number of piperidine rings is 2. The van der Waals surface area contributed by atoms with Gasteiger partial charge in [-0.3, -0.25) is 20.0 Å². The van der Waals surface area contributed by atoms with Gasteiger partial charge in [0, 0.05) is 63.7 Å². The SMILES string of the molecule is CCC(C)Cc1c(C)c(C)c(N2CCN(S(=O)(=O)C3(C(=O)NO)CCN(C)CC3)CC2)c(C)c1C.CCC(C)Cc1c(C)c(C)c(N2CCN(S(=O)(=O)C3(C(=O)NO)CCNCC3)CC2)c(C)c1C. The molecule has 0 aromatic heterocycles. The van der Waals surface area contributed by atoms with Crippen LogP contribution in [-0.4, -0.2) is 148 Å². The Labute approximate surface area is 414 Å². The van der Waals surface area contributed by atoms with Gasteiger partial charge >= 0.3 is 0 Å². The predicted molar refractivity (Wildman–Crippen MR) is 277 cm³/mol. The van der Waals surface area contributed by atoms with Crippen LogP contribution < -0.4 is 26.1 Å².